The van der Waals surface area contributed by atoms with Gasteiger partial charge in [-0.3, -0.25) is 0 Å². The Morgan fingerprint density at radius 2 is 1.85 bits per heavy atom. The normalized spacial score (nSPS) is 12.4. The van der Waals surface area contributed by atoms with Crippen LogP contribution in [0.15, 0.2) is 17.0 Å². The number of halogens is 1. The molecule has 1 rings (SSSR count). The summed E-state index contributed by atoms with van der Waals surface area (Å²) in [5.41, 5.74) is 2.60. The number of alkyl halides is 1. The Morgan fingerprint density at radius 3 is 2.35 bits per heavy atom. The largest absolute Gasteiger partial charge is 0.243 e. The van der Waals surface area contributed by atoms with Crippen LogP contribution < -0.4 is 0 Å². The first-order valence-corrected chi connectivity index (χ1v) is 8.80. The summed E-state index contributed by atoms with van der Waals surface area (Å²) in [5, 5.41) is 0. The highest BCUT2D eigenvalue weighted by Gasteiger charge is 2.24. The predicted molar refractivity (Wildman–Crippen MR) is 84.7 cm³/mol. The van der Waals surface area contributed by atoms with E-state index in [9.17, 15) is 8.42 Å². The zero-order valence-electron chi connectivity index (χ0n) is 12.9. The summed E-state index contributed by atoms with van der Waals surface area (Å²) < 4.78 is 26.8. The summed E-state index contributed by atoms with van der Waals surface area (Å²) in [6, 6.07) is 3.63. The van der Waals surface area contributed by atoms with Crippen molar-refractivity contribution in [2.45, 2.75) is 44.9 Å². The molecule has 0 saturated heterocycles. The van der Waals surface area contributed by atoms with Gasteiger partial charge in [0.15, 0.2) is 0 Å². The van der Waals surface area contributed by atoms with Crippen LogP contribution in [-0.2, 0) is 15.9 Å². The van der Waals surface area contributed by atoms with E-state index in [0.717, 1.165) is 23.1 Å². The monoisotopic (exact) mass is 317 g/mol. The molecule has 0 heterocycles. The van der Waals surface area contributed by atoms with Gasteiger partial charge in [-0.15, -0.1) is 11.6 Å². The van der Waals surface area contributed by atoms with Crippen molar-refractivity contribution in [3.63, 3.8) is 0 Å². The maximum Gasteiger partial charge on any atom is 0.243 e. The summed E-state index contributed by atoms with van der Waals surface area (Å²) in [7, 11) is -1.81. The van der Waals surface area contributed by atoms with E-state index < -0.39 is 10.0 Å². The van der Waals surface area contributed by atoms with Crippen molar-refractivity contribution in [1.82, 2.24) is 4.31 Å². The topological polar surface area (TPSA) is 37.4 Å². The van der Waals surface area contributed by atoms with Gasteiger partial charge in [0.05, 0.1) is 4.90 Å². The van der Waals surface area contributed by atoms with Crippen molar-refractivity contribution in [1.29, 1.82) is 0 Å². The van der Waals surface area contributed by atoms with E-state index in [1.807, 2.05) is 19.9 Å². The van der Waals surface area contributed by atoms with Gasteiger partial charge in [0.25, 0.3) is 0 Å². The molecule has 0 spiro atoms. The maximum atomic E-state index is 12.7. The lowest BCUT2D eigenvalue weighted by Crippen LogP contribution is -2.29. The summed E-state index contributed by atoms with van der Waals surface area (Å²) >= 11 is 5.85. The van der Waals surface area contributed by atoms with Gasteiger partial charge in [-0.25, -0.2) is 12.7 Å². The summed E-state index contributed by atoms with van der Waals surface area (Å²) in [4.78, 5) is 0.374. The standard InChI is InChI=1S/C15H24ClNO2S/c1-11(2)6-7-17(5)20(18,19)15-9-14(10-16)8-12(3)13(15)4/h8-9,11H,6-7,10H2,1-5H3. The molecule has 0 N–H and O–H groups in total. The third-order valence-corrected chi connectivity index (χ3v) is 5.84. The fourth-order valence-corrected chi connectivity index (χ4v) is 3.66. The van der Waals surface area contributed by atoms with Crippen LogP contribution in [0.1, 0.15) is 37.0 Å². The number of hydrogen-bond acceptors (Lipinski definition) is 2. The quantitative estimate of drug-likeness (QED) is 0.750. The van der Waals surface area contributed by atoms with E-state index in [2.05, 4.69) is 13.8 Å². The van der Waals surface area contributed by atoms with E-state index in [-0.39, 0.29) is 0 Å². The summed E-state index contributed by atoms with van der Waals surface area (Å²) in [6.07, 6.45) is 0.850. The highest BCUT2D eigenvalue weighted by molar-refractivity contribution is 7.89. The molecule has 0 aliphatic heterocycles. The zero-order valence-corrected chi connectivity index (χ0v) is 14.5. The van der Waals surface area contributed by atoms with E-state index >= 15 is 0 Å². The fourth-order valence-electron chi connectivity index (χ4n) is 1.97. The third-order valence-electron chi connectivity index (χ3n) is 3.54. The molecule has 114 valence electrons. The second-order valence-electron chi connectivity index (χ2n) is 5.68. The first-order chi connectivity index (χ1) is 9.20. The van der Waals surface area contributed by atoms with Crippen LogP contribution in [0, 0.1) is 19.8 Å². The molecule has 0 atom stereocenters. The van der Waals surface area contributed by atoms with Crippen molar-refractivity contribution in [3.05, 3.63) is 28.8 Å². The van der Waals surface area contributed by atoms with Crippen molar-refractivity contribution in [2.75, 3.05) is 13.6 Å². The number of hydrogen-bond donors (Lipinski definition) is 0. The second-order valence-corrected chi connectivity index (χ2v) is 7.96. The van der Waals surface area contributed by atoms with Gasteiger partial charge in [-0.05, 0) is 48.9 Å². The van der Waals surface area contributed by atoms with Crippen LogP contribution in [0.2, 0.25) is 0 Å². The number of benzene rings is 1. The molecule has 5 heteroatoms. The Morgan fingerprint density at radius 1 is 1.25 bits per heavy atom. The van der Waals surface area contributed by atoms with Crippen LogP contribution in [0.25, 0.3) is 0 Å². The number of aryl methyl sites for hydroxylation is 1. The van der Waals surface area contributed by atoms with Gasteiger partial charge >= 0.3 is 0 Å². The smallest absolute Gasteiger partial charge is 0.207 e. The Balaban J connectivity index is 3.18. The molecule has 20 heavy (non-hydrogen) atoms. The summed E-state index contributed by atoms with van der Waals surface area (Å²) in [5.74, 6) is 0.795. The molecule has 0 unspecified atom stereocenters. The van der Waals surface area contributed by atoms with Crippen LogP contribution in [0.4, 0.5) is 0 Å². The molecule has 1 aromatic rings. The van der Waals surface area contributed by atoms with Gasteiger partial charge in [0, 0.05) is 19.5 Å². The number of sulfonamides is 1. The first-order valence-electron chi connectivity index (χ1n) is 6.82. The molecule has 0 bridgehead atoms. The Kier molecular flexibility index (Phi) is 6.05. The average molecular weight is 318 g/mol. The van der Waals surface area contributed by atoms with E-state index in [4.69, 9.17) is 11.6 Å². The van der Waals surface area contributed by atoms with Crippen molar-refractivity contribution in [2.24, 2.45) is 5.92 Å². The molecule has 0 aliphatic rings. The zero-order chi connectivity index (χ0) is 15.5. The lowest BCUT2D eigenvalue weighted by atomic mass is 10.1. The maximum absolute atomic E-state index is 12.7. The Hall–Kier alpha value is -0.580. The van der Waals surface area contributed by atoms with Gasteiger partial charge in [0.2, 0.25) is 10.0 Å². The molecule has 0 aromatic heterocycles. The fraction of sp³-hybridized carbons (Fsp3) is 0.600. The SMILES string of the molecule is Cc1cc(CCl)cc(S(=O)(=O)N(C)CCC(C)C)c1C. The van der Waals surface area contributed by atoms with Crippen molar-refractivity contribution >= 4 is 21.6 Å². The van der Waals surface area contributed by atoms with Crippen LogP contribution in [0.5, 0.6) is 0 Å². The van der Waals surface area contributed by atoms with E-state index in [1.165, 1.54) is 4.31 Å². The third kappa shape index (κ3) is 3.96. The van der Waals surface area contributed by atoms with Crippen LogP contribution >= 0.6 is 11.6 Å². The van der Waals surface area contributed by atoms with Gasteiger partial charge < -0.3 is 0 Å². The minimum atomic E-state index is -3.45. The molecule has 0 fully saturated rings. The lowest BCUT2D eigenvalue weighted by molar-refractivity contribution is 0.427. The molecule has 0 saturated carbocycles. The lowest BCUT2D eigenvalue weighted by Gasteiger charge is -2.20. The van der Waals surface area contributed by atoms with Gasteiger partial charge in [-0.2, -0.15) is 0 Å². The number of rotatable bonds is 6. The number of nitrogens with zero attached hydrogens (tertiary/aromatic N) is 1. The van der Waals surface area contributed by atoms with Crippen molar-refractivity contribution < 1.29 is 8.42 Å². The molecule has 0 aliphatic carbocycles. The van der Waals surface area contributed by atoms with E-state index in [1.54, 1.807) is 13.1 Å². The van der Waals surface area contributed by atoms with Crippen molar-refractivity contribution in [3.8, 4) is 0 Å². The van der Waals surface area contributed by atoms with Gasteiger partial charge in [0.1, 0.15) is 0 Å². The first kappa shape index (κ1) is 17.5. The molecule has 3 nitrogen and oxygen atoms in total. The molecule has 1 aromatic carbocycles. The van der Waals surface area contributed by atoms with Crippen LogP contribution in [-0.4, -0.2) is 26.3 Å². The molecule has 0 radical (unpaired) electrons. The highest BCUT2D eigenvalue weighted by Crippen LogP contribution is 2.25. The minimum absolute atomic E-state index is 0.319. The molecule has 0 amide bonds. The average Bonchev–Trinajstić information content (AvgIpc) is 2.38. The predicted octanol–water partition coefficient (Wildman–Crippen LogP) is 3.71. The highest BCUT2D eigenvalue weighted by atomic mass is 35.5. The Bertz CT molecular complexity index is 567. The minimum Gasteiger partial charge on any atom is -0.207 e. The van der Waals surface area contributed by atoms with Crippen LogP contribution in [0.3, 0.4) is 0 Å². The molecular weight excluding hydrogens is 294 g/mol. The summed E-state index contributed by atoms with van der Waals surface area (Å²) in [6.45, 7) is 8.46. The van der Waals surface area contributed by atoms with E-state index in [0.29, 0.717) is 23.2 Å². The molecular formula is C15H24ClNO2S. The second kappa shape index (κ2) is 6.92. The van der Waals surface area contributed by atoms with Gasteiger partial charge in [-0.1, -0.05) is 19.9 Å². The Labute approximate surface area is 128 Å².